The molecule has 0 saturated carbocycles. The number of nitrogens with zero attached hydrogens (tertiary/aromatic N) is 1. The van der Waals surface area contributed by atoms with Gasteiger partial charge in [0.25, 0.3) is 5.91 Å². The molecule has 0 unspecified atom stereocenters. The van der Waals surface area contributed by atoms with Gasteiger partial charge in [-0.2, -0.15) is 5.26 Å². The number of carbonyl (C=O) groups is 1. The van der Waals surface area contributed by atoms with Crippen LogP contribution < -0.4 is 14.8 Å². The molecule has 0 atom stereocenters. The third kappa shape index (κ3) is 6.31. The molecule has 0 aliphatic rings. The molecule has 8 heteroatoms. The minimum atomic E-state index is -0.518. The fourth-order valence-electron chi connectivity index (χ4n) is 2.77. The number of benzene rings is 3. The molecule has 162 valence electrons. The van der Waals surface area contributed by atoms with E-state index in [9.17, 15) is 14.4 Å². The Hall–Kier alpha value is -2.90. The monoisotopic (exact) mass is 606 g/mol. The molecule has 0 radical (unpaired) electrons. The average Bonchev–Trinajstić information content (AvgIpc) is 2.77. The summed E-state index contributed by atoms with van der Waals surface area (Å²) in [6, 6.07) is 18.5. The summed E-state index contributed by atoms with van der Waals surface area (Å²) in [5, 5.41) is 12.2. The number of methoxy groups -OCH3 is 1. The Labute approximate surface area is 207 Å². The Morgan fingerprint density at radius 1 is 1.22 bits per heavy atom. The summed E-state index contributed by atoms with van der Waals surface area (Å²) in [6.45, 7) is 0.204. The van der Waals surface area contributed by atoms with Gasteiger partial charge in [0.15, 0.2) is 0 Å². The second kappa shape index (κ2) is 11.1. The zero-order valence-electron chi connectivity index (χ0n) is 16.9. The number of halogens is 3. The van der Waals surface area contributed by atoms with E-state index in [-0.39, 0.29) is 18.0 Å². The number of nitriles is 1. The van der Waals surface area contributed by atoms with Crippen molar-refractivity contribution >= 4 is 56.2 Å². The highest BCUT2D eigenvalue weighted by Crippen LogP contribution is 2.33. The minimum Gasteiger partial charge on any atom is -0.497 e. The van der Waals surface area contributed by atoms with E-state index in [0.717, 1.165) is 3.57 Å². The lowest BCUT2D eigenvalue weighted by Gasteiger charge is -2.12. The van der Waals surface area contributed by atoms with Crippen molar-refractivity contribution in [3.63, 3.8) is 0 Å². The van der Waals surface area contributed by atoms with Gasteiger partial charge >= 0.3 is 0 Å². The lowest BCUT2D eigenvalue weighted by molar-refractivity contribution is -0.112. The standard InChI is InChI=1S/C24H17BrFIN2O3/c1-31-20-7-5-19(6-8-20)29-24(30)17(13-28)9-16-11-21(25)23(22(27)12-16)32-14-15-3-2-4-18(26)10-15/h2-12H,14H2,1H3,(H,29,30)/b17-9-. The molecule has 3 aromatic rings. The number of ether oxygens (including phenoxy) is 2. The first-order valence-electron chi connectivity index (χ1n) is 9.33. The van der Waals surface area contributed by atoms with E-state index < -0.39 is 5.91 Å². The quantitative estimate of drug-likeness (QED) is 0.194. The van der Waals surface area contributed by atoms with Crippen LogP contribution in [0, 0.1) is 20.7 Å². The van der Waals surface area contributed by atoms with E-state index in [1.165, 1.54) is 18.2 Å². The molecule has 1 amide bonds. The number of nitrogens with one attached hydrogen (secondary N) is 1. The van der Waals surface area contributed by atoms with Crippen LogP contribution in [0.4, 0.5) is 10.1 Å². The van der Waals surface area contributed by atoms with Gasteiger partial charge in [0.05, 0.1) is 15.2 Å². The molecule has 0 fully saturated rings. The fraction of sp³-hybridized carbons (Fsp3) is 0.0833. The molecule has 32 heavy (non-hydrogen) atoms. The SMILES string of the molecule is COc1ccc(NC(=O)/C(C#N)=C\c2cc(Br)c(OCc3cccc(F)c3)c(I)c2)cc1. The fourth-order valence-corrected chi connectivity index (χ4v) is 4.54. The second-order valence-corrected chi connectivity index (χ2v) is 8.60. The van der Waals surface area contributed by atoms with Crippen molar-refractivity contribution in [3.8, 4) is 17.6 Å². The third-order valence-corrected chi connectivity index (χ3v) is 5.71. The highest BCUT2D eigenvalue weighted by molar-refractivity contribution is 14.1. The highest BCUT2D eigenvalue weighted by Gasteiger charge is 2.13. The van der Waals surface area contributed by atoms with E-state index in [2.05, 4.69) is 43.8 Å². The van der Waals surface area contributed by atoms with Crippen LogP contribution in [-0.2, 0) is 11.4 Å². The van der Waals surface area contributed by atoms with E-state index in [0.29, 0.717) is 32.8 Å². The number of rotatable bonds is 7. The summed E-state index contributed by atoms with van der Waals surface area (Å²) < 4.78 is 25.7. The van der Waals surface area contributed by atoms with Crippen LogP contribution in [0.5, 0.6) is 11.5 Å². The van der Waals surface area contributed by atoms with Crippen molar-refractivity contribution in [3.05, 3.63) is 91.2 Å². The van der Waals surface area contributed by atoms with Gasteiger partial charge < -0.3 is 14.8 Å². The molecule has 5 nitrogen and oxygen atoms in total. The largest absolute Gasteiger partial charge is 0.497 e. The predicted molar refractivity (Wildman–Crippen MR) is 133 cm³/mol. The summed E-state index contributed by atoms with van der Waals surface area (Å²) in [7, 11) is 1.56. The first kappa shape index (κ1) is 23.8. The molecule has 0 aromatic heterocycles. The summed E-state index contributed by atoms with van der Waals surface area (Å²) >= 11 is 5.58. The topological polar surface area (TPSA) is 71.3 Å². The lowest BCUT2D eigenvalue weighted by Crippen LogP contribution is -2.13. The van der Waals surface area contributed by atoms with Crippen LogP contribution >= 0.6 is 38.5 Å². The van der Waals surface area contributed by atoms with E-state index >= 15 is 0 Å². The zero-order chi connectivity index (χ0) is 23.1. The van der Waals surface area contributed by atoms with Crippen LogP contribution in [0.2, 0.25) is 0 Å². The Balaban J connectivity index is 1.75. The first-order valence-corrected chi connectivity index (χ1v) is 11.2. The second-order valence-electron chi connectivity index (χ2n) is 6.58. The molecule has 0 spiro atoms. The molecule has 0 saturated heterocycles. The van der Waals surface area contributed by atoms with Gasteiger partial charge in [0.1, 0.15) is 35.6 Å². The van der Waals surface area contributed by atoms with Gasteiger partial charge in [0.2, 0.25) is 0 Å². The third-order valence-electron chi connectivity index (χ3n) is 4.32. The van der Waals surface area contributed by atoms with E-state index in [1.54, 1.807) is 55.6 Å². The van der Waals surface area contributed by atoms with Crippen molar-refractivity contribution in [2.45, 2.75) is 6.61 Å². The maximum absolute atomic E-state index is 13.4. The average molecular weight is 607 g/mol. The smallest absolute Gasteiger partial charge is 0.266 e. The van der Waals surface area contributed by atoms with Gasteiger partial charge in [-0.3, -0.25) is 4.79 Å². The van der Waals surface area contributed by atoms with Crippen molar-refractivity contribution in [1.29, 1.82) is 5.26 Å². The molecule has 0 bridgehead atoms. The van der Waals surface area contributed by atoms with Crippen LogP contribution in [0.15, 0.2) is 70.7 Å². The van der Waals surface area contributed by atoms with E-state index in [4.69, 9.17) is 9.47 Å². The van der Waals surface area contributed by atoms with Crippen LogP contribution in [0.25, 0.3) is 6.08 Å². The Morgan fingerprint density at radius 2 is 1.97 bits per heavy atom. The van der Waals surface area contributed by atoms with Crippen molar-refractivity contribution in [1.82, 2.24) is 0 Å². The highest BCUT2D eigenvalue weighted by atomic mass is 127. The summed E-state index contributed by atoms with van der Waals surface area (Å²) in [5.41, 5.74) is 1.87. The Bertz CT molecular complexity index is 1180. The summed E-state index contributed by atoms with van der Waals surface area (Å²) in [6.07, 6.45) is 1.50. The van der Waals surface area contributed by atoms with Gasteiger partial charge in [-0.05, 0) is 104 Å². The zero-order valence-corrected chi connectivity index (χ0v) is 20.6. The van der Waals surface area contributed by atoms with Crippen LogP contribution in [0.3, 0.4) is 0 Å². The van der Waals surface area contributed by atoms with Gasteiger partial charge in [-0.1, -0.05) is 12.1 Å². The number of amides is 1. The van der Waals surface area contributed by atoms with Crippen LogP contribution in [-0.4, -0.2) is 13.0 Å². The summed E-state index contributed by atoms with van der Waals surface area (Å²) in [5.74, 6) is 0.416. The number of anilines is 1. The first-order chi connectivity index (χ1) is 15.4. The lowest BCUT2D eigenvalue weighted by atomic mass is 10.1. The minimum absolute atomic E-state index is 0.0445. The molecule has 0 heterocycles. The van der Waals surface area contributed by atoms with Gasteiger partial charge in [-0.15, -0.1) is 0 Å². The van der Waals surface area contributed by atoms with Crippen LogP contribution in [0.1, 0.15) is 11.1 Å². The Kier molecular flexibility index (Phi) is 8.25. The molecule has 0 aliphatic heterocycles. The van der Waals surface area contributed by atoms with Crippen molar-refractivity contribution in [2.24, 2.45) is 0 Å². The Morgan fingerprint density at radius 3 is 2.59 bits per heavy atom. The predicted octanol–water partition coefficient (Wildman–Crippen LogP) is 6.33. The van der Waals surface area contributed by atoms with E-state index in [1.807, 2.05) is 6.07 Å². The van der Waals surface area contributed by atoms with Gasteiger partial charge in [0, 0.05) is 5.69 Å². The molecule has 0 aliphatic carbocycles. The maximum atomic E-state index is 13.4. The number of carbonyl (C=O) groups excluding carboxylic acids is 1. The van der Waals surface area contributed by atoms with Gasteiger partial charge in [-0.25, -0.2) is 4.39 Å². The number of hydrogen-bond acceptors (Lipinski definition) is 4. The van der Waals surface area contributed by atoms with Crippen molar-refractivity contribution < 1.29 is 18.7 Å². The maximum Gasteiger partial charge on any atom is 0.266 e. The normalized spacial score (nSPS) is 10.9. The van der Waals surface area contributed by atoms with Crippen molar-refractivity contribution in [2.75, 3.05) is 12.4 Å². The molecule has 1 N–H and O–H groups in total. The molecular weight excluding hydrogens is 590 g/mol. The molecule has 3 rings (SSSR count). The molecule has 3 aromatic carbocycles. The number of hydrogen-bond donors (Lipinski definition) is 1. The summed E-state index contributed by atoms with van der Waals surface area (Å²) in [4.78, 5) is 12.5. The molecular formula is C24H17BrFIN2O3.